The molecule has 109 heavy (non-hydrogen) atoms. The fraction of sp³-hybridized carbons (Fsp3) is 0.297. The van der Waals surface area contributed by atoms with E-state index in [9.17, 15) is 53.5 Å². The van der Waals surface area contributed by atoms with Gasteiger partial charge in [-0.15, -0.1) is 11.3 Å². The fourth-order valence-corrected chi connectivity index (χ4v) is 17.5. The van der Waals surface area contributed by atoms with Crippen molar-refractivity contribution in [3.05, 3.63) is 215 Å². The molecule has 3 saturated heterocycles. The second kappa shape index (κ2) is 34.5. The van der Waals surface area contributed by atoms with Gasteiger partial charge in [-0.05, 0) is 165 Å². The molecule has 0 saturated carbocycles. The summed E-state index contributed by atoms with van der Waals surface area (Å²) in [5.41, 5.74) is 5.87. The van der Waals surface area contributed by atoms with Crippen LogP contribution in [0.3, 0.4) is 0 Å². The van der Waals surface area contributed by atoms with Crippen molar-refractivity contribution < 1.29 is 68.2 Å². The largest absolute Gasteiger partial charge is 0.481 e. The smallest absolute Gasteiger partial charge is 0.263 e. The van der Waals surface area contributed by atoms with Crippen molar-refractivity contribution in [2.45, 2.75) is 65.9 Å². The van der Waals surface area contributed by atoms with Crippen LogP contribution in [-0.4, -0.2) is 197 Å². The molecule has 0 radical (unpaired) electrons. The third-order valence-corrected chi connectivity index (χ3v) is 24.5. The van der Waals surface area contributed by atoms with E-state index in [0.717, 1.165) is 70.2 Å². The van der Waals surface area contributed by atoms with Crippen molar-refractivity contribution in [2.24, 2.45) is 0 Å². The van der Waals surface area contributed by atoms with Crippen LogP contribution in [0.4, 0.5) is 48.3 Å². The zero-order valence-corrected chi connectivity index (χ0v) is 64.1. The van der Waals surface area contributed by atoms with Crippen molar-refractivity contribution in [3.63, 3.8) is 0 Å². The van der Waals surface area contributed by atoms with E-state index in [-0.39, 0.29) is 84.5 Å². The summed E-state index contributed by atoms with van der Waals surface area (Å²) in [7, 11) is -9.91. The quantitative estimate of drug-likeness (QED) is 0.0551. The van der Waals surface area contributed by atoms with Crippen LogP contribution in [0, 0.1) is 11.6 Å². The maximum atomic E-state index is 13.8. The Morgan fingerprint density at radius 2 is 1.19 bits per heavy atom. The number of nitrogens with zero attached hydrogens (tertiary/aromatic N) is 13. The summed E-state index contributed by atoms with van der Waals surface area (Å²) >= 11 is 13.6. The number of aryl methyl sites for hydroxylation is 1. The first-order valence-electron chi connectivity index (χ1n) is 34.7. The number of halogens is 4. The molecule has 586 valence electrons. The van der Waals surface area contributed by atoms with Gasteiger partial charge in [0.2, 0.25) is 23.6 Å². The number of nitrogens with one attached hydrogen (secondary N) is 3. The molecule has 14 rings (SSSR count). The maximum absolute atomic E-state index is 13.8. The fourth-order valence-electron chi connectivity index (χ4n) is 13.3. The average molecular weight is 1620 g/mol. The van der Waals surface area contributed by atoms with Crippen LogP contribution in [-0.2, 0) is 57.3 Å². The minimum absolute atomic E-state index is 0. The molecule has 0 aliphatic carbocycles. The highest BCUT2D eigenvalue weighted by Gasteiger charge is 2.35. The molecule has 4 N–H and O–H groups in total. The number of carbonyl (C=O) groups excluding carboxylic acids is 3. The van der Waals surface area contributed by atoms with Gasteiger partial charge in [-0.1, -0.05) is 35.3 Å². The Bertz CT molecular complexity index is 5250. The van der Waals surface area contributed by atoms with E-state index in [1.54, 1.807) is 75.8 Å². The van der Waals surface area contributed by atoms with Crippen LogP contribution in [0.2, 0.25) is 10.0 Å². The number of ether oxygens (including phenoxy) is 1. The standard InChI is InChI=1S/C27H31ClN6O4S.C25H26ClN5O4S2.C22H21F2N5O3S.7H2/c1-19(34-11-3-4-20-16-21(28)5-10-24(20)34)27(35)33-14-12-32(13-15-33)22-6-8-23(9-7-22)39(36,37)31-25-17-26(38-2)30-18-29-25;1-17(30-10-8-18-2-3-19(26)14-23(18)30)24(33)31-12-11-29(15-21(31)16-32)20-4-6-22(7-5-20)37(34,35)28-25-27-9-13-36-25;23-17-2-1-16(20(24)14-17)13-22(30)29-11-9-28(10-12-29)18-3-5-19(6-4-18)33(31,32)27-21-7-8-25-15-26-21;;;;;;;/h5-10,16-19H,3-4,11-15H2,1-2H3,(H,29,30,31);2-10,13-14,17,21,32H,11-12,15-16H2,1H3,(H,27,28);1-8,14-15H,9-13H2,(H,25,26,27);7*1H/t19-;17-,21+;;;;;;;;/m10......../s1. The molecule has 0 bridgehead atoms. The Labute approximate surface area is 654 Å². The number of methoxy groups -OCH3 is 1. The Hall–Kier alpha value is -10.3. The predicted octanol–water partition coefficient (Wildman–Crippen LogP) is 11.4. The lowest BCUT2D eigenvalue weighted by molar-refractivity contribution is -0.138. The number of hydrogen-bond acceptors (Lipinski definition) is 21. The lowest BCUT2D eigenvalue weighted by atomic mass is 10.00. The number of aliphatic hydroxyl groups is 1. The van der Waals surface area contributed by atoms with Crippen LogP contribution in [0.15, 0.2) is 197 Å². The zero-order chi connectivity index (χ0) is 77.2. The number of hydrogen-bond donors (Lipinski definition) is 4. The molecular formula is C74H92Cl2F2N16O11S4. The van der Waals surface area contributed by atoms with Gasteiger partial charge in [0.25, 0.3) is 30.1 Å². The lowest BCUT2D eigenvalue weighted by Crippen LogP contribution is -2.57. The van der Waals surface area contributed by atoms with Crippen molar-refractivity contribution in [1.82, 2.24) is 44.2 Å². The summed E-state index contributed by atoms with van der Waals surface area (Å²) in [4.78, 5) is 72.9. The van der Waals surface area contributed by atoms with Crippen molar-refractivity contribution >= 4 is 133 Å². The highest BCUT2D eigenvalue weighted by atomic mass is 35.5. The zero-order valence-electron chi connectivity index (χ0n) is 59.4. The van der Waals surface area contributed by atoms with Gasteiger partial charge >= 0.3 is 0 Å². The van der Waals surface area contributed by atoms with Gasteiger partial charge < -0.3 is 48.7 Å². The average Bonchev–Trinajstić information content (AvgIpc) is 1.50. The van der Waals surface area contributed by atoms with E-state index >= 15 is 0 Å². The third kappa shape index (κ3) is 19.1. The number of sulfonamides is 3. The van der Waals surface area contributed by atoms with Crippen LogP contribution in [0.5, 0.6) is 5.88 Å². The van der Waals surface area contributed by atoms with Crippen LogP contribution >= 0.6 is 34.5 Å². The monoisotopic (exact) mass is 1620 g/mol. The minimum Gasteiger partial charge on any atom is -0.481 e. The van der Waals surface area contributed by atoms with Crippen LogP contribution in [0.1, 0.15) is 47.4 Å². The molecule has 8 heterocycles. The summed E-state index contributed by atoms with van der Waals surface area (Å²) in [6.45, 7) is 10.4. The maximum Gasteiger partial charge on any atom is 0.263 e. The first-order valence-corrected chi connectivity index (χ1v) is 40.8. The van der Waals surface area contributed by atoms with E-state index in [4.69, 9.17) is 27.9 Å². The number of carbonyl (C=O) groups is 3. The van der Waals surface area contributed by atoms with Crippen molar-refractivity contribution in [3.8, 4) is 5.88 Å². The lowest BCUT2D eigenvalue weighted by Gasteiger charge is -2.42. The third-order valence-electron chi connectivity index (χ3n) is 19.1. The molecule has 10 aromatic rings. The molecule has 27 nitrogen and oxygen atoms in total. The number of piperazine rings is 3. The van der Waals surface area contributed by atoms with Gasteiger partial charge in [0.05, 0.1) is 46.4 Å². The predicted molar refractivity (Wildman–Crippen MR) is 430 cm³/mol. The first kappa shape index (κ1) is 78.3. The molecular weight excluding hydrogens is 1530 g/mol. The number of rotatable bonds is 20. The highest BCUT2D eigenvalue weighted by molar-refractivity contribution is 7.93. The van der Waals surface area contributed by atoms with E-state index < -0.39 is 53.8 Å². The Kier molecular flexibility index (Phi) is 24.8. The minimum atomic E-state index is -3.83. The van der Waals surface area contributed by atoms with E-state index in [2.05, 4.69) is 48.9 Å². The first-order chi connectivity index (χ1) is 52.3. The SMILES string of the molecule is COc1cc(NS(=O)(=O)c2ccc(N3CCN(C(=O)[C@@H](C)N4CCCc5cc(Cl)ccc54)CC3)cc2)ncn1.C[C@@H](C(=O)N1CCN(c2ccc(S(=O)(=O)Nc3nccs3)cc2)C[C@@H]1CO)n1ccc2ccc(Cl)cc21.O=C(Cc1ccc(F)cc1F)N1CCN(c2ccc(S(=O)(=O)Nc3ccncn3)cc2)CC1.[HH].[HH].[HH].[HH].[HH].[HH].[HH]. The van der Waals surface area contributed by atoms with Gasteiger partial charge in [-0.3, -0.25) is 28.5 Å². The number of benzene rings is 6. The molecule has 6 aromatic carbocycles. The molecule has 35 heteroatoms. The Morgan fingerprint density at radius 3 is 1.79 bits per heavy atom. The Balaban J connectivity index is 0.000000302. The highest BCUT2D eigenvalue weighted by Crippen LogP contribution is 2.34. The Morgan fingerprint density at radius 1 is 0.606 bits per heavy atom. The van der Waals surface area contributed by atoms with E-state index in [0.29, 0.717) is 82.1 Å². The molecule has 0 spiro atoms. The molecule has 3 fully saturated rings. The summed E-state index contributed by atoms with van der Waals surface area (Å²) in [6.07, 6.45) is 9.17. The second-order valence-corrected chi connectivity index (χ2v) is 32.7. The molecule has 4 aliphatic rings. The summed E-state index contributed by atoms with van der Waals surface area (Å²) in [6, 6.07) is 38.1. The van der Waals surface area contributed by atoms with Crippen LogP contribution < -0.4 is 38.5 Å². The summed E-state index contributed by atoms with van der Waals surface area (Å²) < 4.78 is 117. The molecule has 3 atom stereocenters. The number of amides is 3. The molecule has 0 unspecified atom stereocenters. The number of aromatic nitrogens is 6. The molecule has 3 amide bonds. The van der Waals surface area contributed by atoms with Gasteiger partial charge in [-0.25, -0.2) is 59.0 Å². The summed E-state index contributed by atoms with van der Waals surface area (Å²) in [5, 5.41) is 14.5. The van der Waals surface area contributed by atoms with Crippen LogP contribution in [0.25, 0.3) is 10.9 Å². The van der Waals surface area contributed by atoms with Gasteiger partial charge in [0, 0.05) is 157 Å². The van der Waals surface area contributed by atoms with Crippen molar-refractivity contribution in [2.75, 3.05) is 126 Å². The van der Waals surface area contributed by atoms with Gasteiger partial charge in [-0.2, -0.15) is 0 Å². The number of fused-ring (bicyclic) bond motifs is 2. The summed E-state index contributed by atoms with van der Waals surface area (Å²) in [5.74, 6) is -1.04. The topological polar surface area (TPSA) is 311 Å². The second-order valence-electron chi connectivity index (χ2n) is 25.9. The van der Waals surface area contributed by atoms with E-state index in [1.807, 2.05) is 81.8 Å². The normalized spacial score (nSPS) is 16.0. The number of thiazole rings is 1. The molecule has 4 aromatic heterocycles. The number of anilines is 7. The van der Waals surface area contributed by atoms with Gasteiger partial charge in [0.1, 0.15) is 48.0 Å². The molecule has 4 aliphatic heterocycles. The number of aliphatic hydroxyl groups excluding tert-OH is 1. The van der Waals surface area contributed by atoms with Crippen molar-refractivity contribution in [1.29, 1.82) is 0 Å². The van der Waals surface area contributed by atoms with Gasteiger partial charge in [0.15, 0.2) is 5.13 Å². The van der Waals surface area contributed by atoms with E-state index in [1.165, 1.54) is 79.4 Å².